The quantitative estimate of drug-likeness (QED) is 0.537. The molecule has 3 heteroatoms. The summed E-state index contributed by atoms with van der Waals surface area (Å²) in [6.07, 6.45) is 0.903. The van der Waals surface area contributed by atoms with E-state index in [4.69, 9.17) is 23.4 Å². The van der Waals surface area contributed by atoms with Crippen LogP contribution >= 0.6 is 23.4 Å². The predicted molar refractivity (Wildman–Crippen MR) is 55.0 cm³/mol. The molecule has 0 radical (unpaired) electrons. The molecule has 1 aromatic rings. The second-order valence-corrected chi connectivity index (χ2v) is 3.25. The van der Waals surface area contributed by atoms with E-state index in [9.17, 15) is 0 Å². The third kappa shape index (κ3) is 2.92. The Morgan fingerprint density at radius 1 is 1.17 bits per heavy atom. The van der Waals surface area contributed by atoms with Crippen molar-refractivity contribution in [2.45, 2.75) is 6.42 Å². The predicted octanol–water partition coefficient (Wildman–Crippen LogP) is 3.28. The smallest absolute Gasteiger partial charge is 0.0523 e. The highest BCUT2D eigenvalue weighted by Gasteiger charge is 1.99. The Bertz CT molecular complexity index is 213. The summed E-state index contributed by atoms with van der Waals surface area (Å²) in [6.45, 7) is 0.787. The van der Waals surface area contributed by atoms with Gasteiger partial charge in [0, 0.05) is 24.2 Å². The van der Waals surface area contributed by atoms with Crippen LogP contribution in [0.3, 0.4) is 0 Å². The molecule has 0 N–H and O–H groups in total. The molecule has 0 spiro atoms. The van der Waals surface area contributed by atoms with Crippen LogP contribution in [0.4, 0.5) is 5.69 Å². The average Bonchev–Trinajstić information content (AvgIpc) is 2.15. The molecule has 12 heavy (non-hydrogen) atoms. The van der Waals surface area contributed by atoms with E-state index in [-0.39, 0.29) is 0 Å². The molecule has 1 aromatic carbocycles. The van der Waals surface area contributed by atoms with Gasteiger partial charge in [0.15, 0.2) is 0 Å². The fraction of sp³-hybridized carbons (Fsp3) is 0.333. The summed E-state index contributed by atoms with van der Waals surface area (Å²) < 4.78 is 1.68. The van der Waals surface area contributed by atoms with Crippen molar-refractivity contribution in [2.75, 3.05) is 16.8 Å². The van der Waals surface area contributed by atoms with Crippen LogP contribution in [0.5, 0.6) is 0 Å². The number of benzene rings is 1. The molecule has 0 atom stereocenters. The molecule has 66 valence electrons. The lowest BCUT2D eigenvalue weighted by Crippen LogP contribution is -2.11. The van der Waals surface area contributed by atoms with Gasteiger partial charge in [-0.2, -0.15) is 0 Å². The standard InChI is InChI=1S/C9H11Cl2N/c10-7-4-8-12(11)9-5-2-1-3-6-9/h1-3,5-6H,4,7-8H2. The summed E-state index contributed by atoms with van der Waals surface area (Å²) in [6, 6.07) is 9.84. The number of anilines is 1. The van der Waals surface area contributed by atoms with Crippen molar-refractivity contribution in [1.29, 1.82) is 0 Å². The number of para-hydroxylation sites is 1. The van der Waals surface area contributed by atoms with Gasteiger partial charge in [-0.15, -0.1) is 11.6 Å². The summed E-state index contributed by atoms with van der Waals surface area (Å²) in [5, 5.41) is 0. The van der Waals surface area contributed by atoms with Crippen LogP contribution in [0.25, 0.3) is 0 Å². The van der Waals surface area contributed by atoms with E-state index in [0.29, 0.717) is 5.88 Å². The van der Waals surface area contributed by atoms with E-state index in [1.165, 1.54) is 0 Å². The van der Waals surface area contributed by atoms with Crippen molar-refractivity contribution >= 4 is 29.1 Å². The summed E-state index contributed by atoms with van der Waals surface area (Å²) in [5.41, 5.74) is 1.02. The summed E-state index contributed by atoms with van der Waals surface area (Å²) >= 11 is 11.5. The fourth-order valence-corrected chi connectivity index (χ4v) is 1.27. The van der Waals surface area contributed by atoms with Crippen molar-refractivity contribution in [3.63, 3.8) is 0 Å². The van der Waals surface area contributed by atoms with Crippen molar-refractivity contribution in [2.24, 2.45) is 0 Å². The Labute approximate surface area is 83.0 Å². The number of rotatable bonds is 4. The van der Waals surface area contributed by atoms with Gasteiger partial charge in [-0.25, -0.2) is 0 Å². The molecule has 0 unspecified atom stereocenters. The summed E-state index contributed by atoms with van der Waals surface area (Å²) in [4.78, 5) is 0. The molecule has 1 nitrogen and oxygen atoms in total. The van der Waals surface area contributed by atoms with Gasteiger partial charge in [0.05, 0.1) is 5.69 Å². The Balaban J connectivity index is 2.48. The molecule has 0 aliphatic carbocycles. The van der Waals surface area contributed by atoms with Crippen LogP contribution in [0.2, 0.25) is 0 Å². The van der Waals surface area contributed by atoms with E-state index in [2.05, 4.69) is 0 Å². The zero-order valence-electron chi connectivity index (χ0n) is 6.71. The largest absolute Gasteiger partial charge is 0.285 e. The zero-order chi connectivity index (χ0) is 8.81. The first-order valence-corrected chi connectivity index (χ1v) is 4.76. The van der Waals surface area contributed by atoms with E-state index in [1.807, 2.05) is 30.3 Å². The minimum absolute atomic E-state index is 0.649. The van der Waals surface area contributed by atoms with Crippen LogP contribution < -0.4 is 4.42 Å². The molecular weight excluding hydrogens is 193 g/mol. The second kappa shape index (κ2) is 5.28. The number of hydrogen-bond acceptors (Lipinski definition) is 1. The van der Waals surface area contributed by atoms with E-state index < -0.39 is 0 Å². The van der Waals surface area contributed by atoms with Gasteiger partial charge < -0.3 is 0 Å². The number of hydrogen-bond donors (Lipinski definition) is 0. The minimum Gasteiger partial charge on any atom is -0.285 e. The lowest BCUT2D eigenvalue weighted by atomic mass is 10.3. The molecule has 0 aromatic heterocycles. The Morgan fingerprint density at radius 2 is 1.83 bits per heavy atom. The Morgan fingerprint density at radius 3 is 2.42 bits per heavy atom. The van der Waals surface area contributed by atoms with Crippen LogP contribution in [-0.2, 0) is 0 Å². The molecule has 0 amide bonds. The van der Waals surface area contributed by atoms with Crippen molar-refractivity contribution in [1.82, 2.24) is 0 Å². The normalized spacial score (nSPS) is 9.83. The monoisotopic (exact) mass is 203 g/mol. The molecule has 0 saturated heterocycles. The van der Waals surface area contributed by atoms with Gasteiger partial charge in [-0.3, -0.25) is 4.42 Å². The van der Waals surface area contributed by atoms with Crippen molar-refractivity contribution in [3.8, 4) is 0 Å². The average molecular weight is 204 g/mol. The number of halogens is 2. The van der Waals surface area contributed by atoms with E-state index in [1.54, 1.807) is 4.42 Å². The van der Waals surface area contributed by atoms with Crippen molar-refractivity contribution in [3.05, 3.63) is 30.3 Å². The maximum absolute atomic E-state index is 5.96. The Kier molecular flexibility index (Phi) is 4.26. The lowest BCUT2D eigenvalue weighted by Gasteiger charge is -2.14. The van der Waals surface area contributed by atoms with Gasteiger partial charge >= 0.3 is 0 Å². The minimum atomic E-state index is 0.649. The van der Waals surface area contributed by atoms with Gasteiger partial charge in [-0.05, 0) is 18.6 Å². The first-order valence-electron chi connectivity index (χ1n) is 3.89. The molecular formula is C9H11Cl2N. The lowest BCUT2D eigenvalue weighted by molar-refractivity contribution is 0.930. The van der Waals surface area contributed by atoms with Crippen LogP contribution in [0.1, 0.15) is 6.42 Å². The molecule has 0 heterocycles. The molecule has 0 fully saturated rings. The third-order valence-corrected chi connectivity index (χ3v) is 2.16. The van der Waals surface area contributed by atoms with Crippen LogP contribution in [-0.4, -0.2) is 12.4 Å². The van der Waals surface area contributed by atoms with Gasteiger partial charge in [-0.1, -0.05) is 18.2 Å². The Hall–Kier alpha value is -0.400. The summed E-state index contributed by atoms with van der Waals surface area (Å²) in [5.74, 6) is 0.649. The first-order chi connectivity index (χ1) is 5.84. The third-order valence-electron chi connectivity index (χ3n) is 1.52. The molecule has 1 rings (SSSR count). The number of alkyl halides is 1. The highest BCUT2D eigenvalue weighted by atomic mass is 35.5. The molecule has 0 bridgehead atoms. The maximum atomic E-state index is 5.96. The number of nitrogens with zero attached hydrogens (tertiary/aromatic N) is 1. The first kappa shape index (κ1) is 9.69. The fourth-order valence-electron chi connectivity index (χ4n) is 0.917. The zero-order valence-corrected chi connectivity index (χ0v) is 8.22. The second-order valence-electron chi connectivity index (χ2n) is 2.46. The van der Waals surface area contributed by atoms with Gasteiger partial charge in [0.25, 0.3) is 0 Å². The highest BCUT2D eigenvalue weighted by molar-refractivity contribution is 6.25. The van der Waals surface area contributed by atoms with Crippen LogP contribution in [0.15, 0.2) is 30.3 Å². The van der Waals surface area contributed by atoms with E-state index in [0.717, 1.165) is 18.7 Å². The molecule has 0 saturated carbocycles. The molecule has 0 aliphatic rings. The highest BCUT2D eigenvalue weighted by Crippen LogP contribution is 2.15. The SMILES string of the molecule is ClCCCN(Cl)c1ccccc1. The van der Waals surface area contributed by atoms with Gasteiger partial charge in [0.2, 0.25) is 0 Å². The van der Waals surface area contributed by atoms with Gasteiger partial charge in [0.1, 0.15) is 0 Å². The van der Waals surface area contributed by atoms with Crippen LogP contribution in [0, 0.1) is 0 Å². The topological polar surface area (TPSA) is 3.24 Å². The van der Waals surface area contributed by atoms with Crippen molar-refractivity contribution < 1.29 is 0 Å². The summed E-state index contributed by atoms with van der Waals surface area (Å²) in [7, 11) is 0. The maximum Gasteiger partial charge on any atom is 0.0523 e. The van der Waals surface area contributed by atoms with E-state index >= 15 is 0 Å². The molecule has 0 aliphatic heterocycles.